The first-order chi connectivity index (χ1) is 8.38. The first-order valence-electron chi connectivity index (χ1n) is 5.61. The van der Waals surface area contributed by atoms with Crippen molar-refractivity contribution in [2.24, 2.45) is 0 Å². The fourth-order valence-corrected chi connectivity index (χ4v) is 1.92. The van der Waals surface area contributed by atoms with Gasteiger partial charge in [-0.15, -0.1) is 10.2 Å². The normalized spacial score (nSPS) is 10.9. The van der Waals surface area contributed by atoms with Crippen molar-refractivity contribution in [1.29, 1.82) is 0 Å². The second-order valence-electron chi connectivity index (χ2n) is 3.85. The number of aromatic nitrogens is 4. The van der Waals surface area contributed by atoms with Crippen molar-refractivity contribution in [3.63, 3.8) is 0 Å². The molecule has 3 aromatic rings. The van der Waals surface area contributed by atoms with Crippen LogP contribution in [0.15, 0.2) is 42.9 Å². The Balaban J connectivity index is 2.18. The van der Waals surface area contributed by atoms with Crippen LogP contribution in [0.1, 0.15) is 6.92 Å². The molecule has 2 aromatic heterocycles. The van der Waals surface area contributed by atoms with E-state index in [1.807, 2.05) is 22.8 Å². The molecule has 0 fully saturated rings. The Morgan fingerprint density at radius 1 is 1.24 bits per heavy atom. The van der Waals surface area contributed by atoms with Gasteiger partial charge < -0.3 is 4.57 Å². The summed E-state index contributed by atoms with van der Waals surface area (Å²) < 4.78 is 2.03. The van der Waals surface area contributed by atoms with E-state index in [-0.39, 0.29) is 0 Å². The molecular formula is C13H12N4. The highest BCUT2D eigenvalue weighted by atomic mass is 15.3. The third-order valence-electron chi connectivity index (χ3n) is 2.82. The van der Waals surface area contributed by atoms with Crippen LogP contribution in [0.4, 0.5) is 0 Å². The largest absolute Gasteiger partial charge is 0.314 e. The molecule has 0 atom stereocenters. The van der Waals surface area contributed by atoms with E-state index < -0.39 is 0 Å². The first-order valence-corrected chi connectivity index (χ1v) is 5.61. The summed E-state index contributed by atoms with van der Waals surface area (Å²) in [6, 6.07) is 10.1. The standard InChI is InChI=1S/C13H12N4/c1-2-17-9-15-16-13(17)11-5-6-12-10(8-11)4-3-7-14-12/h3-9H,2H2,1H3. The topological polar surface area (TPSA) is 43.6 Å². The maximum atomic E-state index is 4.30. The highest BCUT2D eigenvalue weighted by molar-refractivity contribution is 5.83. The molecule has 4 heteroatoms. The number of hydrogen-bond acceptors (Lipinski definition) is 3. The van der Waals surface area contributed by atoms with E-state index in [1.54, 1.807) is 12.5 Å². The predicted molar refractivity (Wildman–Crippen MR) is 66.4 cm³/mol. The number of fused-ring (bicyclic) bond motifs is 1. The number of hydrogen-bond donors (Lipinski definition) is 0. The second-order valence-corrected chi connectivity index (χ2v) is 3.85. The van der Waals surface area contributed by atoms with Gasteiger partial charge in [0.05, 0.1) is 5.52 Å². The van der Waals surface area contributed by atoms with Gasteiger partial charge in [0.2, 0.25) is 0 Å². The van der Waals surface area contributed by atoms with Gasteiger partial charge in [0.15, 0.2) is 5.82 Å². The number of benzene rings is 1. The smallest absolute Gasteiger partial charge is 0.163 e. The zero-order valence-electron chi connectivity index (χ0n) is 9.54. The molecule has 0 aliphatic carbocycles. The van der Waals surface area contributed by atoms with Crippen LogP contribution in [0.5, 0.6) is 0 Å². The summed E-state index contributed by atoms with van der Waals surface area (Å²) in [5, 5.41) is 9.22. The Kier molecular flexibility index (Phi) is 2.33. The van der Waals surface area contributed by atoms with Gasteiger partial charge in [0.1, 0.15) is 6.33 Å². The summed E-state index contributed by atoms with van der Waals surface area (Å²) in [5.74, 6) is 0.901. The van der Waals surface area contributed by atoms with Crippen LogP contribution in [-0.2, 0) is 6.54 Å². The summed E-state index contributed by atoms with van der Waals surface area (Å²) in [5.41, 5.74) is 2.07. The molecule has 17 heavy (non-hydrogen) atoms. The zero-order chi connectivity index (χ0) is 11.7. The molecule has 0 radical (unpaired) electrons. The van der Waals surface area contributed by atoms with Gasteiger partial charge in [0, 0.05) is 23.7 Å². The number of nitrogens with zero attached hydrogens (tertiary/aromatic N) is 4. The maximum Gasteiger partial charge on any atom is 0.163 e. The molecular weight excluding hydrogens is 212 g/mol. The maximum absolute atomic E-state index is 4.30. The lowest BCUT2D eigenvalue weighted by molar-refractivity contribution is 0.767. The van der Waals surface area contributed by atoms with Crippen LogP contribution in [-0.4, -0.2) is 19.7 Å². The molecule has 0 N–H and O–H groups in total. The van der Waals surface area contributed by atoms with Gasteiger partial charge in [0.25, 0.3) is 0 Å². The quantitative estimate of drug-likeness (QED) is 0.671. The Bertz CT molecular complexity index is 657. The fraction of sp³-hybridized carbons (Fsp3) is 0.154. The molecule has 4 nitrogen and oxygen atoms in total. The lowest BCUT2D eigenvalue weighted by Crippen LogP contribution is -1.95. The van der Waals surface area contributed by atoms with Gasteiger partial charge in [-0.3, -0.25) is 4.98 Å². The first kappa shape index (κ1) is 9.96. The molecule has 0 aliphatic rings. The fourth-order valence-electron chi connectivity index (χ4n) is 1.92. The highest BCUT2D eigenvalue weighted by Gasteiger charge is 2.06. The van der Waals surface area contributed by atoms with E-state index in [2.05, 4.69) is 34.2 Å². The summed E-state index contributed by atoms with van der Waals surface area (Å²) >= 11 is 0. The van der Waals surface area contributed by atoms with Crippen LogP contribution in [0.3, 0.4) is 0 Å². The average Bonchev–Trinajstić information content (AvgIpc) is 2.86. The monoisotopic (exact) mass is 224 g/mol. The van der Waals surface area contributed by atoms with Crippen molar-refractivity contribution < 1.29 is 0 Å². The summed E-state index contributed by atoms with van der Waals surface area (Å²) in [4.78, 5) is 4.30. The molecule has 2 heterocycles. The van der Waals surface area contributed by atoms with Crippen molar-refractivity contribution in [1.82, 2.24) is 19.7 Å². The SMILES string of the molecule is CCn1cnnc1-c1ccc2ncccc2c1. The summed E-state index contributed by atoms with van der Waals surface area (Å²) in [7, 11) is 0. The van der Waals surface area contributed by atoms with E-state index in [9.17, 15) is 0 Å². The second kappa shape index (κ2) is 3.97. The van der Waals surface area contributed by atoms with Gasteiger partial charge >= 0.3 is 0 Å². The van der Waals surface area contributed by atoms with Gasteiger partial charge in [-0.1, -0.05) is 6.07 Å². The van der Waals surface area contributed by atoms with Crippen LogP contribution in [0.2, 0.25) is 0 Å². The highest BCUT2D eigenvalue weighted by Crippen LogP contribution is 2.21. The van der Waals surface area contributed by atoms with Gasteiger partial charge in [-0.2, -0.15) is 0 Å². The van der Waals surface area contributed by atoms with E-state index in [1.165, 1.54) is 0 Å². The lowest BCUT2D eigenvalue weighted by atomic mass is 10.1. The van der Waals surface area contributed by atoms with E-state index in [0.29, 0.717) is 0 Å². The van der Waals surface area contributed by atoms with Crippen LogP contribution >= 0.6 is 0 Å². The summed E-state index contributed by atoms with van der Waals surface area (Å²) in [6.07, 6.45) is 3.55. The Labute approximate surface area is 98.9 Å². The summed E-state index contributed by atoms with van der Waals surface area (Å²) in [6.45, 7) is 2.95. The van der Waals surface area contributed by atoms with Crippen LogP contribution in [0, 0.1) is 0 Å². The average molecular weight is 224 g/mol. The van der Waals surface area contributed by atoms with Crippen molar-refractivity contribution >= 4 is 10.9 Å². The lowest BCUT2D eigenvalue weighted by Gasteiger charge is -2.04. The molecule has 84 valence electrons. The number of pyridine rings is 1. The van der Waals surface area contributed by atoms with E-state index in [4.69, 9.17) is 0 Å². The molecule has 0 saturated carbocycles. The van der Waals surface area contributed by atoms with Gasteiger partial charge in [-0.25, -0.2) is 0 Å². The molecule has 0 amide bonds. The molecule has 3 rings (SSSR count). The van der Waals surface area contributed by atoms with E-state index in [0.717, 1.165) is 28.8 Å². The Morgan fingerprint density at radius 2 is 2.18 bits per heavy atom. The van der Waals surface area contributed by atoms with Crippen LogP contribution in [0.25, 0.3) is 22.3 Å². The van der Waals surface area contributed by atoms with Crippen molar-refractivity contribution in [2.75, 3.05) is 0 Å². The molecule has 0 aliphatic heterocycles. The molecule has 0 bridgehead atoms. The molecule has 0 unspecified atom stereocenters. The molecule has 0 spiro atoms. The van der Waals surface area contributed by atoms with Crippen LogP contribution < -0.4 is 0 Å². The predicted octanol–water partition coefficient (Wildman–Crippen LogP) is 2.51. The van der Waals surface area contributed by atoms with Gasteiger partial charge in [-0.05, 0) is 31.2 Å². The minimum absolute atomic E-state index is 0.868. The minimum Gasteiger partial charge on any atom is -0.314 e. The third-order valence-corrected chi connectivity index (χ3v) is 2.82. The number of rotatable bonds is 2. The molecule has 1 aromatic carbocycles. The van der Waals surface area contributed by atoms with Crippen molar-refractivity contribution in [2.45, 2.75) is 13.5 Å². The van der Waals surface area contributed by atoms with Crippen molar-refractivity contribution in [3.05, 3.63) is 42.9 Å². The van der Waals surface area contributed by atoms with E-state index >= 15 is 0 Å². The molecule has 0 saturated heterocycles. The zero-order valence-corrected chi connectivity index (χ0v) is 9.54. The number of aryl methyl sites for hydroxylation is 1. The third kappa shape index (κ3) is 1.67. The minimum atomic E-state index is 0.868. The Hall–Kier alpha value is -2.23. The Morgan fingerprint density at radius 3 is 3.06 bits per heavy atom. The van der Waals surface area contributed by atoms with Crippen molar-refractivity contribution in [3.8, 4) is 11.4 Å².